The van der Waals surface area contributed by atoms with Crippen molar-refractivity contribution in [3.8, 4) is 0 Å². The second-order valence-corrected chi connectivity index (χ2v) is 6.63. The van der Waals surface area contributed by atoms with Gasteiger partial charge in [-0.3, -0.25) is 10.1 Å². The molecule has 7 heteroatoms. The van der Waals surface area contributed by atoms with Crippen LogP contribution in [0.15, 0.2) is 47.4 Å². The second kappa shape index (κ2) is 5.53. The molecule has 0 spiro atoms. The van der Waals surface area contributed by atoms with Crippen LogP contribution in [0.25, 0.3) is 0 Å². The van der Waals surface area contributed by atoms with Gasteiger partial charge in [0.25, 0.3) is 5.69 Å². The maximum atomic E-state index is 12.4. The van der Waals surface area contributed by atoms with Crippen molar-refractivity contribution in [2.45, 2.75) is 17.6 Å². The van der Waals surface area contributed by atoms with Crippen LogP contribution in [-0.4, -0.2) is 13.3 Å². The van der Waals surface area contributed by atoms with Crippen LogP contribution in [-0.2, 0) is 15.6 Å². The highest BCUT2D eigenvalue weighted by Gasteiger charge is 2.20. The van der Waals surface area contributed by atoms with E-state index in [1.165, 1.54) is 30.3 Å². The molecule has 0 fully saturated rings. The summed E-state index contributed by atoms with van der Waals surface area (Å²) in [6.45, 7) is 1.72. The van der Waals surface area contributed by atoms with Gasteiger partial charge in [-0.05, 0) is 24.1 Å². The van der Waals surface area contributed by atoms with Gasteiger partial charge in [0, 0.05) is 12.1 Å². The van der Waals surface area contributed by atoms with Crippen molar-refractivity contribution in [3.63, 3.8) is 0 Å². The molecular formula is C14H14N2O4S. The summed E-state index contributed by atoms with van der Waals surface area (Å²) >= 11 is 0. The number of sulfone groups is 1. The molecule has 21 heavy (non-hydrogen) atoms. The van der Waals surface area contributed by atoms with Crippen molar-refractivity contribution in [2.75, 3.05) is 5.73 Å². The van der Waals surface area contributed by atoms with Crippen molar-refractivity contribution in [3.05, 3.63) is 63.7 Å². The van der Waals surface area contributed by atoms with Crippen molar-refractivity contribution >= 4 is 21.2 Å². The number of nitrogens with two attached hydrogens (primary N) is 1. The lowest BCUT2D eigenvalue weighted by atomic mass is 10.2. The topological polar surface area (TPSA) is 103 Å². The molecule has 6 nitrogen and oxygen atoms in total. The summed E-state index contributed by atoms with van der Waals surface area (Å²) in [5, 5.41) is 10.7. The molecule has 0 aliphatic rings. The largest absolute Gasteiger partial charge is 0.397 e. The van der Waals surface area contributed by atoms with Crippen LogP contribution >= 0.6 is 0 Å². The van der Waals surface area contributed by atoms with Gasteiger partial charge < -0.3 is 5.73 Å². The van der Waals surface area contributed by atoms with Gasteiger partial charge in [0.1, 0.15) is 0 Å². The van der Waals surface area contributed by atoms with E-state index in [2.05, 4.69) is 0 Å². The smallest absolute Gasteiger partial charge is 0.269 e. The average molecular weight is 306 g/mol. The summed E-state index contributed by atoms with van der Waals surface area (Å²) < 4.78 is 24.8. The number of aryl methyl sites for hydroxylation is 1. The summed E-state index contributed by atoms with van der Waals surface area (Å²) in [7, 11) is -3.66. The normalized spacial score (nSPS) is 11.3. The SMILES string of the molecule is Cc1cccc(S(=O)(=O)Cc2cccc([N+](=O)[O-])c2)c1N. The van der Waals surface area contributed by atoms with E-state index >= 15 is 0 Å². The third-order valence-corrected chi connectivity index (χ3v) is 4.84. The van der Waals surface area contributed by atoms with E-state index in [9.17, 15) is 18.5 Å². The fourth-order valence-electron chi connectivity index (χ4n) is 1.98. The Balaban J connectivity index is 2.40. The summed E-state index contributed by atoms with van der Waals surface area (Å²) in [6, 6.07) is 10.3. The molecule has 0 saturated carbocycles. The number of rotatable bonds is 4. The summed E-state index contributed by atoms with van der Waals surface area (Å²) in [5.74, 6) is -0.331. The highest BCUT2D eigenvalue weighted by molar-refractivity contribution is 7.90. The maximum Gasteiger partial charge on any atom is 0.269 e. The lowest BCUT2D eigenvalue weighted by Crippen LogP contribution is -2.09. The van der Waals surface area contributed by atoms with E-state index in [1.54, 1.807) is 19.1 Å². The Labute approximate surface area is 122 Å². The maximum absolute atomic E-state index is 12.4. The lowest BCUT2D eigenvalue weighted by Gasteiger charge is -2.09. The number of nitro benzene ring substituents is 1. The number of anilines is 1. The van der Waals surface area contributed by atoms with E-state index in [0.29, 0.717) is 11.1 Å². The number of benzene rings is 2. The minimum absolute atomic E-state index is 0.0500. The molecule has 2 aromatic carbocycles. The summed E-state index contributed by atoms with van der Waals surface area (Å²) in [4.78, 5) is 10.2. The van der Waals surface area contributed by atoms with E-state index < -0.39 is 14.8 Å². The van der Waals surface area contributed by atoms with E-state index in [1.807, 2.05) is 0 Å². The van der Waals surface area contributed by atoms with Crippen LogP contribution in [0.2, 0.25) is 0 Å². The van der Waals surface area contributed by atoms with Crippen LogP contribution < -0.4 is 5.73 Å². The van der Waals surface area contributed by atoms with Crippen molar-refractivity contribution in [2.24, 2.45) is 0 Å². The first-order valence-electron chi connectivity index (χ1n) is 6.12. The van der Waals surface area contributed by atoms with E-state index in [-0.39, 0.29) is 22.0 Å². The van der Waals surface area contributed by atoms with Crippen molar-refractivity contribution in [1.29, 1.82) is 0 Å². The monoisotopic (exact) mass is 306 g/mol. The van der Waals surface area contributed by atoms with Crippen molar-refractivity contribution in [1.82, 2.24) is 0 Å². The predicted octanol–water partition coefficient (Wildman–Crippen LogP) is 2.46. The molecule has 0 unspecified atom stereocenters. The predicted molar refractivity (Wildman–Crippen MR) is 79.6 cm³/mol. The lowest BCUT2D eigenvalue weighted by molar-refractivity contribution is -0.384. The van der Waals surface area contributed by atoms with Crippen LogP contribution in [0.3, 0.4) is 0 Å². The number of nitrogens with zero attached hydrogens (tertiary/aromatic N) is 1. The van der Waals surface area contributed by atoms with E-state index in [0.717, 1.165) is 0 Å². The highest BCUT2D eigenvalue weighted by atomic mass is 32.2. The molecule has 2 rings (SSSR count). The molecule has 0 amide bonds. The molecule has 2 aromatic rings. The van der Waals surface area contributed by atoms with Gasteiger partial charge in [-0.25, -0.2) is 8.42 Å². The van der Waals surface area contributed by atoms with Crippen LogP contribution in [0.1, 0.15) is 11.1 Å². The van der Waals surface area contributed by atoms with Crippen molar-refractivity contribution < 1.29 is 13.3 Å². The molecule has 0 aromatic heterocycles. The molecule has 2 N–H and O–H groups in total. The molecule has 0 aliphatic carbocycles. The molecule has 0 saturated heterocycles. The van der Waals surface area contributed by atoms with Gasteiger partial charge in [0.15, 0.2) is 9.84 Å². The molecule has 110 valence electrons. The zero-order valence-electron chi connectivity index (χ0n) is 11.3. The standard InChI is InChI=1S/C14H14N2O4S/c1-10-4-2-7-13(14(10)15)21(19,20)9-11-5-3-6-12(8-11)16(17)18/h2-8H,9,15H2,1H3. The van der Waals surface area contributed by atoms with Gasteiger partial charge in [0.05, 0.1) is 21.3 Å². The first kappa shape index (κ1) is 15.0. The van der Waals surface area contributed by atoms with Gasteiger partial charge in [-0.15, -0.1) is 0 Å². The minimum Gasteiger partial charge on any atom is -0.397 e. The second-order valence-electron chi connectivity index (χ2n) is 4.67. The molecule has 0 radical (unpaired) electrons. The molecule has 0 atom stereocenters. The Morgan fingerprint density at radius 1 is 1.19 bits per heavy atom. The first-order valence-corrected chi connectivity index (χ1v) is 7.77. The Morgan fingerprint density at radius 3 is 2.52 bits per heavy atom. The van der Waals surface area contributed by atoms with Gasteiger partial charge in [-0.1, -0.05) is 24.3 Å². The number of para-hydroxylation sites is 1. The molecule has 0 bridgehead atoms. The van der Waals surface area contributed by atoms with Gasteiger partial charge in [0.2, 0.25) is 0 Å². The Bertz CT molecular complexity index is 800. The molecular weight excluding hydrogens is 292 g/mol. The number of hydrogen-bond donors (Lipinski definition) is 1. The Hall–Kier alpha value is -2.41. The highest BCUT2D eigenvalue weighted by Crippen LogP contribution is 2.26. The third-order valence-electron chi connectivity index (χ3n) is 3.10. The van der Waals surface area contributed by atoms with Gasteiger partial charge in [-0.2, -0.15) is 0 Å². The molecule has 0 heterocycles. The number of nitro groups is 1. The zero-order chi connectivity index (χ0) is 15.6. The fraction of sp³-hybridized carbons (Fsp3) is 0.143. The van der Waals surface area contributed by atoms with Crippen LogP contribution in [0, 0.1) is 17.0 Å². The third kappa shape index (κ3) is 3.19. The Kier molecular flexibility index (Phi) is 3.95. The zero-order valence-corrected chi connectivity index (χ0v) is 12.1. The average Bonchev–Trinajstić information content (AvgIpc) is 2.41. The summed E-state index contributed by atoms with van der Waals surface area (Å²) in [5.41, 5.74) is 6.91. The van der Waals surface area contributed by atoms with Crippen LogP contribution in [0.5, 0.6) is 0 Å². The van der Waals surface area contributed by atoms with E-state index in [4.69, 9.17) is 5.73 Å². The number of nitrogen functional groups attached to an aromatic ring is 1. The molecule has 0 aliphatic heterocycles. The number of non-ortho nitro benzene ring substituents is 1. The summed E-state index contributed by atoms with van der Waals surface area (Å²) in [6.07, 6.45) is 0. The fourth-order valence-corrected chi connectivity index (χ4v) is 3.54. The number of hydrogen-bond acceptors (Lipinski definition) is 5. The van der Waals surface area contributed by atoms with Gasteiger partial charge >= 0.3 is 0 Å². The van der Waals surface area contributed by atoms with Crippen LogP contribution in [0.4, 0.5) is 11.4 Å². The Morgan fingerprint density at radius 2 is 1.86 bits per heavy atom. The quantitative estimate of drug-likeness (QED) is 0.531. The minimum atomic E-state index is -3.66. The first-order chi connectivity index (χ1) is 9.81.